The third-order valence-corrected chi connectivity index (χ3v) is 6.59. The summed E-state index contributed by atoms with van der Waals surface area (Å²) in [7, 11) is 0. The van der Waals surface area contributed by atoms with Crippen molar-refractivity contribution in [3.05, 3.63) is 36.0 Å². The maximum Gasteiger partial charge on any atom is 0.308 e. The molecule has 1 saturated carbocycles. The van der Waals surface area contributed by atoms with Crippen molar-refractivity contribution in [1.29, 1.82) is 0 Å². The zero-order valence-electron chi connectivity index (χ0n) is 17.2. The average molecular weight is 383 g/mol. The summed E-state index contributed by atoms with van der Waals surface area (Å²) >= 11 is 0. The second-order valence-corrected chi connectivity index (χ2v) is 10.1. The fourth-order valence-electron chi connectivity index (χ4n) is 5.73. The number of fused-ring (bicyclic) bond motifs is 3. The molecule has 2 heterocycles. The Morgan fingerprint density at radius 3 is 2.68 bits per heavy atom. The second-order valence-electron chi connectivity index (χ2n) is 10.1. The number of aliphatic carboxylic acids is 1. The van der Waals surface area contributed by atoms with Crippen LogP contribution in [0.5, 0.6) is 0 Å². The molecule has 1 saturated heterocycles. The summed E-state index contributed by atoms with van der Waals surface area (Å²) in [5.41, 5.74) is 2.21. The highest BCUT2D eigenvalue weighted by molar-refractivity contribution is 5.98. The van der Waals surface area contributed by atoms with Gasteiger partial charge in [-0.3, -0.25) is 9.59 Å². The minimum atomic E-state index is -0.801. The molecule has 4 rings (SSSR count). The number of carbonyl (C=O) groups excluding carboxylic acids is 1. The minimum absolute atomic E-state index is 0.125. The molecule has 2 aromatic rings. The number of carboxylic acids is 1. The molecule has 2 aliphatic rings. The van der Waals surface area contributed by atoms with Gasteiger partial charge in [0.25, 0.3) is 5.91 Å². The maximum atomic E-state index is 13.3. The van der Waals surface area contributed by atoms with Crippen LogP contribution in [0.25, 0.3) is 10.9 Å². The van der Waals surface area contributed by atoms with Crippen LogP contribution in [0.3, 0.4) is 0 Å². The van der Waals surface area contributed by atoms with Crippen molar-refractivity contribution in [2.24, 2.45) is 16.7 Å². The number of nitrogens with zero attached hydrogens (tertiary/aromatic N) is 2. The summed E-state index contributed by atoms with van der Waals surface area (Å²) in [6, 6.07) is 8.09. The van der Waals surface area contributed by atoms with Gasteiger partial charge in [-0.15, -0.1) is 0 Å². The van der Waals surface area contributed by atoms with Gasteiger partial charge in [-0.1, -0.05) is 27.7 Å². The maximum absolute atomic E-state index is 13.3. The second kappa shape index (κ2) is 6.36. The molecule has 0 radical (unpaired) electrons. The molecule has 2 fully saturated rings. The van der Waals surface area contributed by atoms with Crippen molar-refractivity contribution >= 4 is 22.8 Å². The molecule has 5 nitrogen and oxygen atoms in total. The standard InChI is InChI=1S/C23H30N2O3/c1-15(21(27)28)12-24-8-7-16-9-17(5-6-19(16)24)20(26)25-14-23(4)11-18(25)10-22(2,3)13-23/h5-9,15,18H,10-14H2,1-4H3,(H,27,28). The van der Waals surface area contributed by atoms with Gasteiger partial charge in [-0.25, -0.2) is 0 Å². The van der Waals surface area contributed by atoms with Crippen molar-refractivity contribution in [2.45, 2.75) is 59.5 Å². The molecule has 28 heavy (non-hydrogen) atoms. The Hall–Kier alpha value is -2.30. The number of likely N-dealkylation sites (tertiary alicyclic amines) is 1. The van der Waals surface area contributed by atoms with E-state index in [9.17, 15) is 9.59 Å². The summed E-state index contributed by atoms with van der Waals surface area (Å²) in [6.45, 7) is 9.93. The van der Waals surface area contributed by atoms with Gasteiger partial charge in [0.1, 0.15) is 0 Å². The number of benzene rings is 1. The van der Waals surface area contributed by atoms with Gasteiger partial charge in [0.05, 0.1) is 5.92 Å². The normalized spacial score (nSPS) is 27.1. The van der Waals surface area contributed by atoms with E-state index in [0.717, 1.165) is 35.9 Å². The molecule has 1 aromatic carbocycles. The van der Waals surface area contributed by atoms with Crippen molar-refractivity contribution in [1.82, 2.24) is 9.47 Å². The van der Waals surface area contributed by atoms with E-state index in [-0.39, 0.29) is 16.7 Å². The molecular formula is C23H30N2O3. The van der Waals surface area contributed by atoms with E-state index in [0.29, 0.717) is 12.6 Å². The quantitative estimate of drug-likeness (QED) is 0.852. The van der Waals surface area contributed by atoms with Crippen LogP contribution in [0.4, 0.5) is 0 Å². The largest absolute Gasteiger partial charge is 0.481 e. The van der Waals surface area contributed by atoms with Crippen LogP contribution in [0, 0.1) is 16.7 Å². The highest BCUT2D eigenvalue weighted by Gasteiger charge is 2.51. The highest BCUT2D eigenvalue weighted by Crippen LogP contribution is 2.52. The van der Waals surface area contributed by atoms with E-state index in [4.69, 9.17) is 5.11 Å². The predicted molar refractivity (Wildman–Crippen MR) is 109 cm³/mol. The highest BCUT2D eigenvalue weighted by atomic mass is 16.4. The minimum Gasteiger partial charge on any atom is -0.481 e. The van der Waals surface area contributed by atoms with E-state index in [2.05, 4.69) is 25.7 Å². The lowest BCUT2D eigenvalue weighted by Gasteiger charge is -2.39. The molecule has 3 atom stereocenters. The number of hydrogen-bond donors (Lipinski definition) is 1. The van der Waals surface area contributed by atoms with Crippen LogP contribution in [0.1, 0.15) is 57.3 Å². The van der Waals surface area contributed by atoms with Gasteiger partial charge in [-0.2, -0.15) is 0 Å². The molecule has 1 aliphatic carbocycles. The summed E-state index contributed by atoms with van der Waals surface area (Å²) in [5.74, 6) is -1.13. The number of hydrogen-bond acceptors (Lipinski definition) is 2. The van der Waals surface area contributed by atoms with Gasteiger partial charge in [0.2, 0.25) is 0 Å². The van der Waals surface area contributed by atoms with Crippen LogP contribution in [0.2, 0.25) is 0 Å². The fourth-order valence-corrected chi connectivity index (χ4v) is 5.73. The molecule has 2 bridgehead atoms. The third-order valence-electron chi connectivity index (χ3n) is 6.59. The molecule has 3 unspecified atom stereocenters. The monoisotopic (exact) mass is 382 g/mol. The van der Waals surface area contributed by atoms with Crippen LogP contribution in [-0.4, -0.2) is 39.0 Å². The first kappa shape index (κ1) is 19.0. The first-order chi connectivity index (χ1) is 13.1. The van der Waals surface area contributed by atoms with Crippen LogP contribution in [0.15, 0.2) is 30.5 Å². The molecule has 1 amide bonds. The number of carbonyl (C=O) groups is 2. The van der Waals surface area contributed by atoms with E-state index in [1.807, 2.05) is 35.0 Å². The molecule has 1 aliphatic heterocycles. The van der Waals surface area contributed by atoms with Crippen LogP contribution < -0.4 is 0 Å². The average Bonchev–Trinajstić information content (AvgIpc) is 3.10. The number of carboxylic acid groups (broad SMARTS) is 1. The Morgan fingerprint density at radius 2 is 1.96 bits per heavy atom. The first-order valence-corrected chi connectivity index (χ1v) is 10.2. The SMILES string of the molecule is CC(Cn1ccc2cc(C(=O)N3CC4(C)CC3CC(C)(C)C4)ccc21)C(=O)O. The zero-order chi connectivity index (χ0) is 20.3. The Kier molecular flexibility index (Phi) is 4.32. The lowest BCUT2D eigenvalue weighted by molar-refractivity contribution is -0.141. The number of aromatic nitrogens is 1. The Balaban J connectivity index is 1.58. The first-order valence-electron chi connectivity index (χ1n) is 10.2. The van der Waals surface area contributed by atoms with Crippen molar-refractivity contribution < 1.29 is 14.7 Å². The predicted octanol–water partition coefficient (Wildman–Crippen LogP) is 4.40. The molecule has 5 heteroatoms. The number of amides is 1. The summed E-state index contributed by atoms with van der Waals surface area (Å²) in [4.78, 5) is 26.5. The summed E-state index contributed by atoms with van der Waals surface area (Å²) in [5, 5.41) is 10.1. The van der Waals surface area contributed by atoms with Gasteiger partial charge in [0.15, 0.2) is 0 Å². The number of rotatable bonds is 4. The Morgan fingerprint density at radius 1 is 1.21 bits per heavy atom. The van der Waals surface area contributed by atoms with Gasteiger partial charge < -0.3 is 14.6 Å². The van der Waals surface area contributed by atoms with Crippen molar-refractivity contribution in [3.63, 3.8) is 0 Å². The van der Waals surface area contributed by atoms with Gasteiger partial charge >= 0.3 is 5.97 Å². The lowest BCUT2D eigenvalue weighted by atomic mass is 9.65. The lowest BCUT2D eigenvalue weighted by Crippen LogP contribution is -2.37. The smallest absolute Gasteiger partial charge is 0.308 e. The molecular weight excluding hydrogens is 352 g/mol. The molecule has 1 aromatic heterocycles. The van der Waals surface area contributed by atoms with Crippen LogP contribution >= 0.6 is 0 Å². The van der Waals surface area contributed by atoms with Gasteiger partial charge in [0, 0.05) is 41.8 Å². The van der Waals surface area contributed by atoms with Crippen molar-refractivity contribution in [3.8, 4) is 0 Å². The zero-order valence-corrected chi connectivity index (χ0v) is 17.2. The van der Waals surface area contributed by atoms with Crippen LogP contribution in [-0.2, 0) is 11.3 Å². The molecule has 150 valence electrons. The Labute approximate surface area is 166 Å². The summed E-state index contributed by atoms with van der Waals surface area (Å²) in [6.07, 6.45) is 5.25. The topological polar surface area (TPSA) is 62.5 Å². The van der Waals surface area contributed by atoms with E-state index in [1.54, 1.807) is 6.92 Å². The fraction of sp³-hybridized carbons (Fsp3) is 0.565. The third kappa shape index (κ3) is 3.31. The van der Waals surface area contributed by atoms with Crippen molar-refractivity contribution in [2.75, 3.05) is 6.54 Å². The van der Waals surface area contributed by atoms with E-state index in [1.165, 1.54) is 6.42 Å². The molecule has 0 spiro atoms. The van der Waals surface area contributed by atoms with Gasteiger partial charge in [-0.05, 0) is 54.4 Å². The molecule has 1 N–H and O–H groups in total. The van der Waals surface area contributed by atoms with E-state index >= 15 is 0 Å². The van der Waals surface area contributed by atoms with E-state index < -0.39 is 11.9 Å². The Bertz CT molecular complexity index is 944. The summed E-state index contributed by atoms with van der Waals surface area (Å²) < 4.78 is 1.95.